The molecule has 0 aromatic heterocycles. The van der Waals surface area contributed by atoms with E-state index in [4.69, 9.17) is 4.74 Å². The monoisotopic (exact) mass is 416 g/mol. The van der Waals surface area contributed by atoms with Gasteiger partial charge in [-0.3, -0.25) is 4.79 Å². The highest BCUT2D eigenvalue weighted by Gasteiger charge is 2.24. The van der Waals surface area contributed by atoms with Gasteiger partial charge in [0.05, 0.1) is 13.2 Å². The molecule has 0 radical (unpaired) electrons. The van der Waals surface area contributed by atoms with Crippen molar-refractivity contribution in [1.82, 2.24) is 10.0 Å². The first kappa shape index (κ1) is 20.8. The molecular weight excluding hydrogens is 395 g/mol. The Kier molecular flexibility index (Phi) is 6.14. The molecular formula is C21H21FN2O4S. The predicted molar refractivity (Wildman–Crippen MR) is 109 cm³/mol. The van der Waals surface area contributed by atoms with E-state index in [1.807, 2.05) is 36.4 Å². The van der Waals surface area contributed by atoms with Crippen LogP contribution in [0.2, 0.25) is 0 Å². The summed E-state index contributed by atoms with van der Waals surface area (Å²) in [5, 5.41) is 4.63. The molecule has 1 atom stereocenters. The highest BCUT2D eigenvalue weighted by molar-refractivity contribution is 7.89. The Morgan fingerprint density at radius 2 is 1.76 bits per heavy atom. The van der Waals surface area contributed by atoms with Crippen molar-refractivity contribution < 1.29 is 22.3 Å². The summed E-state index contributed by atoms with van der Waals surface area (Å²) >= 11 is 0. The smallest absolute Gasteiger partial charge is 0.244 e. The second kappa shape index (κ2) is 8.59. The van der Waals surface area contributed by atoms with Gasteiger partial charge in [0.1, 0.15) is 16.5 Å². The Balaban J connectivity index is 1.74. The average molecular weight is 416 g/mol. The van der Waals surface area contributed by atoms with Crippen LogP contribution in [0.3, 0.4) is 0 Å². The van der Waals surface area contributed by atoms with Gasteiger partial charge in [-0.15, -0.1) is 0 Å². The second-order valence-electron chi connectivity index (χ2n) is 6.46. The van der Waals surface area contributed by atoms with E-state index >= 15 is 0 Å². The molecule has 29 heavy (non-hydrogen) atoms. The van der Waals surface area contributed by atoms with Crippen LogP contribution in [0.1, 0.15) is 12.5 Å². The summed E-state index contributed by atoms with van der Waals surface area (Å²) < 4.78 is 46.1. The molecule has 0 fully saturated rings. The minimum Gasteiger partial charge on any atom is -0.496 e. The Bertz CT molecular complexity index is 1150. The van der Waals surface area contributed by atoms with Crippen molar-refractivity contribution in [3.63, 3.8) is 0 Å². The molecule has 0 saturated carbocycles. The van der Waals surface area contributed by atoms with E-state index in [1.165, 1.54) is 19.1 Å². The maximum atomic E-state index is 13.8. The number of rotatable bonds is 7. The number of benzene rings is 3. The van der Waals surface area contributed by atoms with Crippen LogP contribution in [-0.4, -0.2) is 27.5 Å². The Hall–Kier alpha value is -2.97. The summed E-state index contributed by atoms with van der Waals surface area (Å²) in [5.41, 5.74) is 0.781. The molecule has 0 saturated heterocycles. The minimum atomic E-state index is -4.18. The number of amides is 1. The van der Waals surface area contributed by atoms with Crippen LogP contribution in [0.5, 0.6) is 5.75 Å². The molecule has 0 spiro atoms. The number of carbonyl (C=O) groups is 1. The zero-order chi connectivity index (χ0) is 21.0. The number of ether oxygens (including phenoxy) is 1. The first-order valence-corrected chi connectivity index (χ1v) is 10.4. The van der Waals surface area contributed by atoms with E-state index in [9.17, 15) is 17.6 Å². The van der Waals surface area contributed by atoms with Crippen molar-refractivity contribution >= 4 is 26.7 Å². The third kappa shape index (κ3) is 4.55. The van der Waals surface area contributed by atoms with Crippen LogP contribution in [0.25, 0.3) is 10.8 Å². The first-order valence-electron chi connectivity index (χ1n) is 8.92. The predicted octanol–water partition coefficient (Wildman–Crippen LogP) is 2.97. The highest BCUT2D eigenvalue weighted by Crippen LogP contribution is 2.27. The Labute approximate surface area is 168 Å². The van der Waals surface area contributed by atoms with E-state index in [1.54, 1.807) is 7.11 Å². The van der Waals surface area contributed by atoms with Gasteiger partial charge in [-0.2, -0.15) is 4.72 Å². The molecule has 3 aromatic carbocycles. The lowest BCUT2D eigenvalue weighted by molar-refractivity contribution is -0.122. The molecule has 152 valence electrons. The number of nitrogens with one attached hydrogen (secondary N) is 2. The lowest BCUT2D eigenvalue weighted by atomic mass is 10.0. The molecule has 3 rings (SSSR count). The van der Waals surface area contributed by atoms with E-state index < -0.39 is 32.7 Å². The summed E-state index contributed by atoms with van der Waals surface area (Å²) in [6.45, 7) is 1.54. The SMILES string of the molecule is COc1ccc2ccccc2c1CNC(=O)[C@H](C)NS(=O)(=O)c1ccccc1F. The molecule has 2 N–H and O–H groups in total. The van der Waals surface area contributed by atoms with Crippen LogP contribution >= 0.6 is 0 Å². The van der Waals surface area contributed by atoms with Gasteiger partial charge in [0.2, 0.25) is 15.9 Å². The zero-order valence-electron chi connectivity index (χ0n) is 16.0. The Morgan fingerprint density at radius 3 is 2.48 bits per heavy atom. The number of hydrogen-bond donors (Lipinski definition) is 2. The fourth-order valence-electron chi connectivity index (χ4n) is 3.03. The van der Waals surface area contributed by atoms with Gasteiger partial charge in [0.25, 0.3) is 0 Å². The summed E-state index contributed by atoms with van der Waals surface area (Å²) in [7, 11) is -2.63. The quantitative estimate of drug-likeness (QED) is 0.620. The van der Waals surface area contributed by atoms with Crippen molar-refractivity contribution in [1.29, 1.82) is 0 Å². The van der Waals surface area contributed by atoms with Gasteiger partial charge < -0.3 is 10.1 Å². The van der Waals surface area contributed by atoms with Crippen LogP contribution in [-0.2, 0) is 21.4 Å². The van der Waals surface area contributed by atoms with Crippen molar-refractivity contribution in [2.24, 2.45) is 0 Å². The summed E-state index contributed by atoms with van der Waals surface area (Å²) in [6, 6.07) is 15.3. The molecule has 6 nitrogen and oxygen atoms in total. The number of hydrogen-bond acceptors (Lipinski definition) is 4. The number of methoxy groups -OCH3 is 1. The molecule has 0 unspecified atom stereocenters. The lowest BCUT2D eigenvalue weighted by Crippen LogP contribution is -2.44. The molecule has 1 amide bonds. The summed E-state index contributed by atoms with van der Waals surface area (Å²) in [4.78, 5) is 12.0. The van der Waals surface area contributed by atoms with Crippen molar-refractivity contribution in [2.45, 2.75) is 24.4 Å². The minimum absolute atomic E-state index is 0.148. The molecule has 0 heterocycles. The van der Waals surface area contributed by atoms with E-state index in [0.717, 1.165) is 28.5 Å². The molecule has 0 bridgehead atoms. The maximum absolute atomic E-state index is 13.8. The van der Waals surface area contributed by atoms with E-state index in [2.05, 4.69) is 10.0 Å². The first-order chi connectivity index (χ1) is 13.8. The normalized spacial score (nSPS) is 12.5. The van der Waals surface area contributed by atoms with Gasteiger partial charge >= 0.3 is 0 Å². The Morgan fingerprint density at radius 1 is 1.07 bits per heavy atom. The van der Waals surface area contributed by atoms with Crippen LogP contribution in [0.4, 0.5) is 4.39 Å². The zero-order valence-corrected chi connectivity index (χ0v) is 16.8. The fraction of sp³-hybridized carbons (Fsp3) is 0.190. The number of carbonyl (C=O) groups excluding carboxylic acids is 1. The summed E-state index contributed by atoms with van der Waals surface area (Å²) in [5.74, 6) is -0.809. The van der Waals surface area contributed by atoms with Crippen LogP contribution in [0.15, 0.2) is 65.6 Å². The molecule has 0 aliphatic rings. The standard InChI is InChI=1S/C21H21FN2O4S/c1-14(24-29(26,27)20-10-6-5-9-18(20)22)21(25)23-13-17-16-8-4-3-7-15(16)11-12-19(17)28-2/h3-12,14,24H,13H2,1-2H3,(H,23,25)/t14-/m0/s1. The second-order valence-corrected chi connectivity index (χ2v) is 8.14. The van der Waals surface area contributed by atoms with Gasteiger partial charge in [0.15, 0.2) is 0 Å². The number of fused-ring (bicyclic) bond motifs is 1. The van der Waals surface area contributed by atoms with Gasteiger partial charge in [-0.1, -0.05) is 42.5 Å². The molecule has 8 heteroatoms. The topological polar surface area (TPSA) is 84.5 Å². The molecule has 0 aliphatic carbocycles. The van der Waals surface area contributed by atoms with Crippen LogP contribution < -0.4 is 14.8 Å². The third-order valence-electron chi connectivity index (χ3n) is 4.51. The molecule has 0 aliphatic heterocycles. The maximum Gasteiger partial charge on any atom is 0.244 e. The van der Waals surface area contributed by atoms with Crippen molar-refractivity contribution in [3.05, 3.63) is 72.0 Å². The highest BCUT2D eigenvalue weighted by atomic mass is 32.2. The third-order valence-corrected chi connectivity index (χ3v) is 6.08. The average Bonchev–Trinajstić information content (AvgIpc) is 2.71. The van der Waals surface area contributed by atoms with Gasteiger partial charge in [-0.25, -0.2) is 12.8 Å². The largest absolute Gasteiger partial charge is 0.496 e. The lowest BCUT2D eigenvalue weighted by Gasteiger charge is -2.17. The summed E-state index contributed by atoms with van der Waals surface area (Å²) in [6.07, 6.45) is 0. The van der Waals surface area contributed by atoms with Crippen molar-refractivity contribution in [2.75, 3.05) is 7.11 Å². The number of sulfonamides is 1. The van der Waals surface area contributed by atoms with E-state index in [0.29, 0.717) is 5.75 Å². The fourth-order valence-corrected chi connectivity index (χ4v) is 4.31. The van der Waals surface area contributed by atoms with E-state index in [-0.39, 0.29) is 6.54 Å². The molecule has 3 aromatic rings. The number of halogens is 1. The van der Waals surface area contributed by atoms with Gasteiger partial charge in [0, 0.05) is 12.1 Å². The van der Waals surface area contributed by atoms with Crippen molar-refractivity contribution in [3.8, 4) is 5.75 Å². The van der Waals surface area contributed by atoms with Crippen LogP contribution in [0, 0.1) is 5.82 Å². The van der Waals surface area contributed by atoms with Gasteiger partial charge in [-0.05, 0) is 35.9 Å².